The molecular weight excluding hydrogens is 236 g/mol. The molecule has 18 heavy (non-hydrogen) atoms. The highest BCUT2D eigenvalue weighted by molar-refractivity contribution is 5.91. The molecule has 1 heterocycles. The monoisotopic (exact) mass is 248 g/mol. The molecule has 1 aromatic heterocycles. The van der Waals surface area contributed by atoms with Crippen LogP contribution in [0.25, 0.3) is 10.9 Å². The van der Waals surface area contributed by atoms with E-state index in [0.717, 1.165) is 0 Å². The Kier molecular flexibility index (Phi) is 2.99. The Morgan fingerprint density at radius 3 is 2.83 bits per heavy atom. The average Bonchev–Trinajstić information content (AvgIpc) is 2.80. The maximum atomic E-state index is 11.5. The summed E-state index contributed by atoms with van der Waals surface area (Å²) in [6.45, 7) is 1.67. The van der Waals surface area contributed by atoms with Crippen LogP contribution >= 0.6 is 0 Å². The molecule has 0 aliphatic rings. The number of hydrogen-bond donors (Lipinski definition) is 2. The van der Waals surface area contributed by atoms with E-state index in [1.54, 1.807) is 35.9 Å². The Hall–Kier alpha value is -2.41. The van der Waals surface area contributed by atoms with Crippen LogP contribution in [-0.2, 0) is 4.79 Å². The highest BCUT2D eigenvalue weighted by atomic mass is 16.6. The molecule has 7 nitrogen and oxygen atoms in total. The molecule has 1 unspecified atom stereocenters. The Balaban J connectivity index is 2.59. The van der Waals surface area contributed by atoms with Gasteiger partial charge in [-0.15, -0.1) is 0 Å². The lowest BCUT2D eigenvalue weighted by molar-refractivity contribution is -0.383. The molecule has 0 saturated carbocycles. The minimum absolute atomic E-state index is 0.0200. The van der Waals surface area contributed by atoms with Crippen molar-refractivity contribution >= 4 is 22.5 Å². The first-order valence-corrected chi connectivity index (χ1v) is 5.30. The highest BCUT2D eigenvalue weighted by Crippen LogP contribution is 2.28. The summed E-state index contributed by atoms with van der Waals surface area (Å²) in [7, 11) is 0. The van der Waals surface area contributed by atoms with Gasteiger partial charge in [-0.2, -0.15) is 0 Å². The SMILES string of the molecule is CC(C(=O)NN)n1ccc2c([N+](=O)[O-])cccc21. The minimum atomic E-state index is -0.533. The second kappa shape index (κ2) is 4.46. The lowest BCUT2D eigenvalue weighted by Crippen LogP contribution is -2.35. The first-order valence-electron chi connectivity index (χ1n) is 5.30. The van der Waals surface area contributed by atoms with Gasteiger partial charge in [0.2, 0.25) is 0 Å². The Bertz CT molecular complexity index is 620. The molecule has 0 radical (unpaired) electrons. The van der Waals surface area contributed by atoms with Crippen LogP contribution in [0.3, 0.4) is 0 Å². The number of carbonyl (C=O) groups excluding carboxylic acids is 1. The maximum Gasteiger partial charge on any atom is 0.278 e. The number of benzene rings is 1. The lowest BCUT2D eigenvalue weighted by Gasteiger charge is -2.13. The van der Waals surface area contributed by atoms with Crippen LogP contribution < -0.4 is 11.3 Å². The summed E-state index contributed by atoms with van der Waals surface area (Å²) in [6.07, 6.45) is 1.64. The van der Waals surface area contributed by atoms with E-state index in [0.29, 0.717) is 10.9 Å². The number of fused-ring (bicyclic) bond motifs is 1. The average molecular weight is 248 g/mol. The van der Waals surface area contributed by atoms with Crippen LogP contribution in [0.5, 0.6) is 0 Å². The molecule has 0 saturated heterocycles. The molecule has 7 heteroatoms. The van der Waals surface area contributed by atoms with Crippen LogP contribution in [0.1, 0.15) is 13.0 Å². The van der Waals surface area contributed by atoms with Crippen molar-refractivity contribution in [3.05, 3.63) is 40.6 Å². The van der Waals surface area contributed by atoms with E-state index in [4.69, 9.17) is 5.84 Å². The van der Waals surface area contributed by atoms with Gasteiger partial charge < -0.3 is 4.57 Å². The number of nitrogens with one attached hydrogen (secondary N) is 1. The topological polar surface area (TPSA) is 103 Å². The van der Waals surface area contributed by atoms with Gasteiger partial charge >= 0.3 is 0 Å². The molecule has 1 amide bonds. The van der Waals surface area contributed by atoms with Crippen molar-refractivity contribution in [1.29, 1.82) is 0 Å². The van der Waals surface area contributed by atoms with Crippen molar-refractivity contribution in [2.45, 2.75) is 13.0 Å². The van der Waals surface area contributed by atoms with Crippen molar-refractivity contribution in [1.82, 2.24) is 9.99 Å². The molecule has 1 aromatic carbocycles. The highest BCUT2D eigenvalue weighted by Gasteiger charge is 2.19. The molecular formula is C11H12N4O3. The van der Waals surface area contributed by atoms with Crippen LogP contribution in [0, 0.1) is 10.1 Å². The largest absolute Gasteiger partial charge is 0.335 e. The Morgan fingerprint density at radius 2 is 2.22 bits per heavy atom. The third-order valence-electron chi connectivity index (χ3n) is 2.88. The molecule has 2 aromatic rings. The molecule has 0 fully saturated rings. The normalized spacial score (nSPS) is 12.3. The zero-order chi connectivity index (χ0) is 13.3. The first kappa shape index (κ1) is 12.1. The van der Waals surface area contributed by atoms with Gasteiger partial charge in [-0.25, -0.2) is 5.84 Å². The minimum Gasteiger partial charge on any atom is -0.335 e. The quantitative estimate of drug-likeness (QED) is 0.367. The Labute approximate surface area is 102 Å². The molecule has 2 rings (SSSR count). The number of nitrogens with two attached hydrogens (primary N) is 1. The van der Waals surface area contributed by atoms with Crippen molar-refractivity contribution in [3.63, 3.8) is 0 Å². The summed E-state index contributed by atoms with van der Waals surface area (Å²) >= 11 is 0. The fourth-order valence-electron chi connectivity index (χ4n) is 1.92. The predicted molar refractivity (Wildman–Crippen MR) is 65.6 cm³/mol. The van der Waals surface area contributed by atoms with E-state index >= 15 is 0 Å². The van der Waals surface area contributed by atoms with Crippen LogP contribution in [-0.4, -0.2) is 15.4 Å². The van der Waals surface area contributed by atoms with Crippen molar-refractivity contribution in [2.75, 3.05) is 0 Å². The van der Waals surface area contributed by atoms with Gasteiger partial charge in [0.15, 0.2) is 0 Å². The second-order valence-corrected chi connectivity index (χ2v) is 3.87. The van der Waals surface area contributed by atoms with E-state index in [-0.39, 0.29) is 11.6 Å². The maximum absolute atomic E-state index is 11.5. The fourth-order valence-corrected chi connectivity index (χ4v) is 1.92. The lowest BCUT2D eigenvalue weighted by atomic mass is 10.2. The number of hydrogen-bond acceptors (Lipinski definition) is 4. The fraction of sp³-hybridized carbons (Fsp3) is 0.182. The van der Waals surface area contributed by atoms with Gasteiger partial charge in [-0.05, 0) is 19.1 Å². The number of carbonyl (C=O) groups is 1. The van der Waals surface area contributed by atoms with E-state index in [1.165, 1.54) is 6.07 Å². The molecule has 0 spiro atoms. The molecule has 0 aliphatic carbocycles. The zero-order valence-corrected chi connectivity index (χ0v) is 9.66. The van der Waals surface area contributed by atoms with Crippen LogP contribution in [0.2, 0.25) is 0 Å². The number of aromatic nitrogens is 1. The third-order valence-corrected chi connectivity index (χ3v) is 2.88. The van der Waals surface area contributed by atoms with Gasteiger partial charge in [0.05, 0.1) is 15.8 Å². The second-order valence-electron chi connectivity index (χ2n) is 3.87. The summed E-state index contributed by atoms with van der Waals surface area (Å²) in [4.78, 5) is 21.9. The van der Waals surface area contributed by atoms with E-state index in [1.807, 2.05) is 0 Å². The molecule has 1 atom stereocenters. The predicted octanol–water partition coefficient (Wildman–Crippen LogP) is 1.10. The number of rotatable bonds is 3. The number of nitro benzene ring substituents is 1. The van der Waals surface area contributed by atoms with Crippen LogP contribution in [0.4, 0.5) is 5.69 Å². The van der Waals surface area contributed by atoms with Gasteiger partial charge in [0.1, 0.15) is 6.04 Å². The Morgan fingerprint density at radius 1 is 1.50 bits per heavy atom. The molecule has 0 bridgehead atoms. The van der Waals surface area contributed by atoms with Gasteiger partial charge in [-0.3, -0.25) is 20.3 Å². The summed E-state index contributed by atoms with van der Waals surface area (Å²) < 4.78 is 1.64. The summed E-state index contributed by atoms with van der Waals surface area (Å²) in [5.74, 6) is 4.72. The molecule has 3 N–H and O–H groups in total. The van der Waals surface area contributed by atoms with Gasteiger partial charge in [-0.1, -0.05) is 6.07 Å². The smallest absolute Gasteiger partial charge is 0.278 e. The molecule has 0 aliphatic heterocycles. The molecule has 94 valence electrons. The number of hydrazine groups is 1. The van der Waals surface area contributed by atoms with E-state index in [2.05, 4.69) is 5.43 Å². The number of non-ortho nitro benzene ring substituents is 1. The van der Waals surface area contributed by atoms with Crippen molar-refractivity contribution < 1.29 is 9.72 Å². The number of nitrogens with zero attached hydrogens (tertiary/aromatic N) is 2. The number of nitro groups is 1. The zero-order valence-electron chi connectivity index (χ0n) is 9.66. The van der Waals surface area contributed by atoms with Crippen molar-refractivity contribution in [3.8, 4) is 0 Å². The third kappa shape index (κ3) is 1.80. The first-order chi connectivity index (χ1) is 8.56. The van der Waals surface area contributed by atoms with E-state index < -0.39 is 11.0 Å². The number of amides is 1. The van der Waals surface area contributed by atoms with Gasteiger partial charge in [0.25, 0.3) is 11.6 Å². The summed E-state index contributed by atoms with van der Waals surface area (Å²) in [5.41, 5.74) is 2.71. The summed E-state index contributed by atoms with van der Waals surface area (Å²) in [5, 5.41) is 11.4. The van der Waals surface area contributed by atoms with E-state index in [9.17, 15) is 14.9 Å². The van der Waals surface area contributed by atoms with Crippen LogP contribution in [0.15, 0.2) is 30.5 Å². The van der Waals surface area contributed by atoms with Gasteiger partial charge in [0, 0.05) is 12.3 Å². The standard InChI is InChI=1S/C11H12N4O3/c1-7(11(16)13-12)14-6-5-8-9(14)3-2-4-10(8)15(17)18/h2-7H,12H2,1H3,(H,13,16). The summed E-state index contributed by atoms with van der Waals surface area (Å²) in [6, 6.07) is 5.83. The van der Waals surface area contributed by atoms with Crippen molar-refractivity contribution in [2.24, 2.45) is 5.84 Å².